The molecule has 1 fully saturated rings. The molecule has 0 aliphatic carbocycles. The summed E-state index contributed by atoms with van der Waals surface area (Å²) in [5.41, 5.74) is 0. The molecule has 0 spiro atoms. The molecule has 1 aliphatic rings. The Balaban J connectivity index is 0.000001000. The van der Waals surface area contributed by atoms with Crippen molar-refractivity contribution < 1.29 is 37.2 Å². The van der Waals surface area contributed by atoms with E-state index in [1.54, 1.807) is 0 Å². The summed E-state index contributed by atoms with van der Waals surface area (Å²) in [6.07, 6.45) is 0.658. The molecule has 0 saturated carbocycles. The predicted octanol–water partition coefficient (Wildman–Crippen LogP) is -4.68. The van der Waals surface area contributed by atoms with Crippen LogP contribution in [0.2, 0.25) is 0 Å². The second-order valence-corrected chi connectivity index (χ2v) is 4.62. The fourth-order valence-corrected chi connectivity index (χ4v) is 2.73. The van der Waals surface area contributed by atoms with Crippen molar-refractivity contribution in [3.05, 3.63) is 0 Å². The Hall–Kier alpha value is 0.0174. The molecule has 4 nitrogen and oxygen atoms in total. The predicted molar refractivity (Wildman–Crippen MR) is 31.8 cm³/mol. The fourth-order valence-electron chi connectivity index (χ4n) is 1.06. The van der Waals surface area contributed by atoms with Crippen LogP contribution in [0.15, 0.2) is 0 Å². The Morgan fingerprint density at radius 1 is 1.45 bits per heavy atom. The molecule has 0 aromatic carbocycles. The first-order valence-corrected chi connectivity index (χ1v) is 4.68. The van der Waals surface area contributed by atoms with Crippen LogP contribution in [-0.4, -0.2) is 25.4 Å². The minimum atomic E-state index is -3.35. The van der Waals surface area contributed by atoms with Gasteiger partial charge < -0.3 is 9.90 Å². The van der Waals surface area contributed by atoms with Crippen molar-refractivity contribution >= 4 is 15.8 Å². The van der Waals surface area contributed by atoms with E-state index in [1.165, 1.54) is 0 Å². The summed E-state index contributed by atoms with van der Waals surface area (Å²) in [7, 11) is -3.35. The largest absolute Gasteiger partial charge is 1.00 e. The maximum atomic E-state index is 10.8. The summed E-state index contributed by atoms with van der Waals surface area (Å²) < 4.78 is 21.6. The van der Waals surface area contributed by atoms with Crippen LogP contribution in [0.5, 0.6) is 0 Å². The molecule has 0 amide bonds. The maximum Gasteiger partial charge on any atom is 1.00 e. The molecule has 6 heteroatoms. The minimum absolute atomic E-state index is 0. The number of hydrogen-bond acceptors (Lipinski definition) is 4. The summed E-state index contributed by atoms with van der Waals surface area (Å²) >= 11 is 0. The number of carbonyl (C=O) groups excluding carboxylic acids is 1. The minimum Gasteiger partial charge on any atom is -0.549 e. The summed E-state index contributed by atoms with van der Waals surface area (Å²) in [6.45, 7) is 0. The number of carbonyl (C=O) groups is 1. The molecular formula is C5H7LiO4S. The Bertz CT molecular complexity index is 245. The third kappa shape index (κ3) is 2.22. The first-order chi connectivity index (χ1) is 4.54. The third-order valence-electron chi connectivity index (χ3n) is 1.59. The zero-order valence-electron chi connectivity index (χ0n) is 6.24. The molecule has 0 aromatic rings. The Labute approximate surface area is 77.1 Å². The van der Waals surface area contributed by atoms with Gasteiger partial charge in [0.25, 0.3) is 0 Å². The standard InChI is InChI=1S/C5H8O4S.Li/c6-5(7)4-2-1-3-10(4,8)9;/h4H,1-3H2,(H,6,7);/q;+1/p-1. The van der Waals surface area contributed by atoms with Crippen LogP contribution >= 0.6 is 0 Å². The van der Waals surface area contributed by atoms with E-state index in [9.17, 15) is 18.3 Å². The van der Waals surface area contributed by atoms with E-state index in [0.29, 0.717) is 6.42 Å². The number of carboxylic acid groups (broad SMARTS) is 1. The van der Waals surface area contributed by atoms with Crippen molar-refractivity contribution in [2.75, 3.05) is 5.75 Å². The normalized spacial score (nSPS) is 27.5. The SMILES string of the molecule is O=C([O-])C1CCCS1(=O)=O.[Li+]. The van der Waals surface area contributed by atoms with E-state index in [4.69, 9.17) is 0 Å². The smallest absolute Gasteiger partial charge is 0.549 e. The van der Waals surface area contributed by atoms with Crippen LogP contribution in [0.25, 0.3) is 0 Å². The van der Waals surface area contributed by atoms with Gasteiger partial charge in [0, 0.05) is 0 Å². The Kier molecular flexibility index (Phi) is 3.62. The van der Waals surface area contributed by atoms with Gasteiger partial charge in [-0.3, -0.25) is 0 Å². The molecule has 0 N–H and O–H groups in total. The number of hydrogen-bond donors (Lipinski definition) is 0. The molecule has 1 atom stereocenters. The molecule has 1 aliphatic heterocycles. The molecule has 11 heavy (non-hydrogen) atoms. The second kappa shape index (κ2) is 3.61. The summed E-state index contributed by atoms with van der Waals surface area (Å²) in [6, 6.07) is 0. The number of sulfone groups is 1. The average Bonchev–Trinajstić information content (AvgIpc) is 2.08. The first-order valence-electron chi connectivity index (χ1n) is 2.96. The van der Waals surface area contributed by atoms with Crippen LogP contribution in [-0.2, 0) is 14.6 Å². The summed E-state index contributed by atoms with van der Waals surface area (Å²) in [5, 5.41) is 8.88. The van der Waals surface area contributed by atoms with Crippen molar-refractivity contribution in [1.29, 1.82) is 0 Å². The fraction of sp³-hybridized carbons (Fsp3) is 0.800. The van der Waals surface area contributed by atoms with Gasteiger partial charge in [0.05, 0.1) is 11.7 Å². The van der Waals surface area contributed by atoms with Crippen molar-refractivity contribution in [3.8, 4) is 0 Å². The summed E-state index contributed by atoms with van der Waals surface area (Å²) in [4.78, 5) is 10.1. The van der Waals surface area contributed by atoms with Crippen LogP contribution in [0.4, 0.5) is 0 Å². The van der Waals surface area contributed by atoms with Gasteiger partial charge in [0.15, 0.2) is 9.84 Å². The van der Waals surface area contributed by atoms with Crippen molar-refractivity contribution in [3.63, 3.8) is 0 Å². The molecule has 1 saturated heterocycles. The average molecular weight is 170 g/mol. The molecule has 0 aromatic heterocycles. The van der Waals surface area contributed by atoms with Gasteiger partial charge in [-0.2, -0.15) is 0 Å². The Morgan fingerprint density at radius 3 is 2.18 bits per heavy atom. The van der Waals surface area contributed by atoms with E-state index < -0.39 is 21.1 Å². The molecule has 1 unspecified atom stereocenters. The van der Waals surface area contributed by atoms with E-state index in [2.05, 4.69) is 0 Å². The Morgan fingerprint density at radius 2 is 2.00 bits per heavy atom. The molecular weight excluding hydrogens is 163 g/mol. The first kappa shape index (κ1) is 11.0. The number of aliphatic carboxylic acids is 1. The monoisotopic (exact) mass is 170 g/mol. The third-order valence-corrected chi connectivity index (χ3v) is 3.74. The quantitative estimate of drug-likeness (QED) is 0.371. The topological polar surface area (TPSA) is 74.3 Å². The zero-order chi connectivity index (χ0) is 7.78. The number of carboxylic acids is 1. The van der Waals surface area contributed by atoms with E-state index in [1.807, 2.05) is 0 Å². The zero-order valence-corrected chi connectivity index (χ0v) is 7.06. The van der Waals surface area contributed by atoms with Gasteiger partial charge in [-0.1, -0.05) is 0 Å². The number of rotatable bonds is 1. The summed E-state index contributed by atoms with van der Waals surface area (Å²) in [5.74, 6) is -1.47. The van der Waals surface area contributed by atoms with Gasteiger partial charge in [-0.05, 0) is 12.8 Å². The molecule has 58 valence electrons. The molecule has 1 heterocycles. The van der Waals surface area contributed by atoms with Crippen molar-refractivity contribution in [2.24, 2.45) is 0 Å². The van der Waals surface area contributed by atoms with Gasteiger partial charge in [-0.25, -0.2) is 8.42 Å². The van der Waals surface area contributed by atoms with E-state index >= 15 is 0 Å². The van der Waals surface area contributed by atoms with Gasteiger partial charge in [0.1, 0.15) is 5.25 Å². The molecule has 1 rings (SSSR count). The van der Waals surface area contributed by atoms with E-state index in [-0.39, 0.29) is 31.0 Å². The van der Waals surface area contributed by atoms with Crippen LogP contribution in [0, 0.1) is 0 Å². The molecule has 0 bridgehead atoms. The van der Waals surface area contributed by atoms with Gasteiger partial charge in [-0.15, -0.1) is 0 Å². The van der Waals surface area contributed by atoms with Crippen LogP contribution < -0.4 is 24.0 Å². The van der Waals surface area contributed by atoms with E-state index in [0.717, 1.165) is 0 Å². The van der Waals surface area contributed by atoms with Crippen LogP contribution in [0.1, 0.15) is 12.8 Å². The van der Waals surface area contributed by atoms with Crippen LogP contribution in [0.3, 0.4) is 0 Å². The van der Waals surface area contributed by atoms with Gasteiger partial charge in [0.2, 0.25) is 0 Å². The van der Waals surface area contributed by atoms with Crippen molar-refractivity contribution in [2.45, 2.75) is 18.1 Å². The molecule has 0 radical (unpaired) electrons. The second-order valence-electron chi connectivity index (χ2n) is 2.32. The van der Waals surface area contributed by atoms with Gasteiger partial charge >= 0.3 is 18.9 Å². The van der Waals surface area contributed by atoms with Crippen molar-refractivity contribution in [1.82, 2.24) is 0 Å². The maximum absolute atomic E-state index is 10.8.